The maximum Gasteiger partial charge on any atom is 0.245 e. The van der Waals surface area contributed by atoms with Gasteiger partial charge in [0, 0.05) is 24.0 Å². The van der Waals surface area contributed by atoms with Crippen LogP contribution in [0.1, 0.15) is 32.3 Å². The highest BCUT2D eigenvalue weighted by Gasteiger charge is 2.32. The Balaban J connectivity index is 1.64. The van der Waals surface area contributed by atoms with Crippen molar-refractivity contribution in [2.75, 3.05) is 12.4 Å². The molecule has 0 aliphatic carbocycles. The molecular formula is C17H22N2O3S. The average molecular weight is 334 g/mol. The first-order chi connectivity index (χ1) is 10.9. The molecule has 2 heterocycles. The summed E-state index contributed by atoms with van der Waals surface area (Å²) in [6.45, 7) is 4.76. The molecule has 0 bridgehead atoms. The fourth-order valence-corrected chi connectivity index (χ4v) is 4.03. The molecule has 6 heteroatoms. The Bertz CT molecular complexity index is 630. The molecule has 1 aromatic rings. The second-order valence-electron chi connectivity index (χ2n) is 6.58. The van der Waals surface area contributed by atoms with Crippen LogP contribution < -0.4 is 5.32 Å². The quantitative estimate of drug-likeness (QED) is 0.890. The number of amides is 1. The van der Waals surface area contributed by atoms with Crippen molar-refractivity contribution in [2.45, 2.75) is 44.4 Å². The lowest BCUT2D eigenvalue weighted by atomic mass is 9.94. The van der Waals surface area contributed by atoms with Crippen LogP contribution in [0.25, 0.3) is 0 Å². The molecule has 0 spiro atoms. The number of ether oxygens (including phenoxy) is 1. The summed E-state index contributed by atoms with van der Waals surface area (Å²) in [6.07, 6.45) is 1.65. The standard InChI is InChI=1S/C17H22N2O3S/c1-17(2)9-11(7-8-22-17)18-15(21)13-10-23-16(19-13)12-5-3-4-6-14(12)20/h3-6,11,13,20H,7-10H2,1-2H3,(H,18,21)/t11-,13+/m1/s1. The van der Waals surface area contributed by atoms with Crippen molar-refractivity contribution < 1.29 is 14.6 Å². The van der Waals surface area contributed by atoms with Gasteiger partial charge in [0.05, 0.1) is 5.60 Å². The van der Waals surface area contributed by atoms with Gasteiger partial charge in [-0.15, -0.1) is 11.8 Å². The number of phenols is 1. The van der Waals surface area contributed by atoms with Crippen LogP contribution in [0.5, 0.6) is 5.75 Å². The number of aromatic hydroxyl groups is 1. The average Bonchev–Trinajstić information content (AvgIpc) is 2.96. The van der Waals surface area contributed by atoms with Crippen molar-refractivity contribution in [1.29, 1.82) is 0 Å². The minimum absolute atomic E-state index is 0.0365. The van der Waals surface area contributed by atoms with Crippen LogP contribution in [-0.2, 0) is 9.53 Å². The fourth-order valence-electron chi connectivity index (χ4n) is 2.96. The van der Waals surface area contributed by atoms with Crippen molar-refractivity contribution in [3.8, 4) is 5.75 Å². The number of para-hydroxylation sites is 1. The van der Waals surface area contributed by atoms with Crippen molar-refractivity contribution in [3.63, 3.8) is 0 Å². The lowest BCUT2D eigenvalue weighted by Gasteiger charge is -2.36. The first kappa shape index (κ1) is 16.3. The molecule has 2 atom stereocenters. The van der Waals surface area contributed by atoms with Gasteiger partial charge in [-0.3, -0.25) is 9.79 Å². The summed E-state index contributed by atoms with van der Waals surface area (Å²) < 4.78 is 5.68. The van der Waals surface area contributed by atoms with E-state index in [2.05, 4.69) is 10.3 Å². The molecular weight excluding hydrogens is 312 g/mol. The Labute approximate surface area is 140 Å². The number of rotatable bonds is 3. The summed E-state index contributed by atoms with van der Waals surface area (Å²) in [5, 5.41) is 13.7. The van der Waals surface area contributed by atoms with Crippen molar-refractivity contribution in [2.24, 2.45) is 4.99 Å². The van der Waals surface area contributed by atoms with Gasteiger partial charge in [0.2, 0.25) is 5.91 Å². The molecule has 2 aliphatic rings. The van der Waals surface area contributed by atoms with Gasteiger partial charge in [0.25, 0.3) is 0 Å². The first-order valence-electron chi connectivity index (χ1n) is 7.88. The van der Waals surface area contributed by atoms with Crippen molar-refractivity contribution in [1.82, 2.24) is 5.32 Å². The Morgan fingerprint density at radius 2 is 2.22 bits per heavy atom. The molecule has 124 valence electrons. The van der Waals surface area contributed by atoms with E-state index in [0.29, 0.717) is 17.9 Å². The highest BCUT2D eigenvalue weighted by atomic mass is 32.2. The third-order valence-electron chi connectivity index (χ3n) is 4.13. The number of benzene rings is 1. The molecule has 1 amide bonds. The molecule has 1 fully saturated rings. The van der Waals surface area contributed by atoms with Gasteiger partial charge >= 0.3 is 0 Å². The Morgan fingerprint density at radius 1 is 1.43 bits per heavy atom. The second-order valence-corrected chi connectivity index (χ2v) is 7.59. The molecule has 2 aliphatic heterocycles. The lowest BCUT2D eigenvalue weighted by Crippen LogP contribution is -2.48. The minimum atomic E-state index is -0.388. The van der Waals surface area contributed by atoms with Gasteiger partial charge < -0.3 is 15.2 Å². The lowest BCUT2D eigenvalue weighted by molar-refractivity contribution is -0.124. The van der Waals surface area contributed by atoms with Gasteiger partial charge in [-0.1, -0.05) is 12.1 Å². The number of nitrogens with zero attached hydrogens (tertiary/aromatic N) is 1. The van der Waals surface area contributed by atoms with Crippen LogP contribution in [0.4, 0.5) is 0 Å². The summed E-state index contributed by atoms with van der Waals surface area (Å²) in [5.74, 6) is 0.777. The van der Waals surface area contributed by atoms with Crippen LogP contribution in [0.3, 0.4) is 0 Å². The SMILES string of the molecule is CC1(C)C[C@H](NC(=O)[C@@H]2CSC(c3ccccc3O)=N2)CCO1. The Hall–Kier alpha value is -1.53. The molecule has 0 radical (unpaired) electrons. The predicted molar refractivity (Wildman–Crippen MR) is 92.1 cm³/mol. The van der Waals surface area contributed by atoms with E-state index in [1.54, 1.807) is 12.1 Å². The zero-order valence-electron chi connectivity index (χ0n) is 13.4. The van der Waals surface area contributed by atoms with E-state index in [0.717, 1.165) is 17.9 Å². The number of nitrogens with one attached hydrogen (secondary N) is 1. The summed E-state index contributed by atoms with van der Waals surface area (Å²) in [4.78, 5) is 16.9. The Kier molecular flexibility index (Phi) is 4.64. The topological polar surface area (TPSA) is 70.9 Å². The van der Waals surface area contributed by atoms with Crippen LogP contribution in [0.15, 0.2) is 29.3 Å². The molecule has 1 aromatic carbocycles. The number of hydrogen-bond donors (Lipinski definition) is 2. The highest BCUT2D eigenvalue weighted by molar-refractivity contribution is 8.14. The fraction of sp³-hybridized carbons (Fsp3) is 0.529. The molecule has 3 rings (SSSR count). The van der Waals surface area contributed by atoms with Crippen LogP contribution in [-0.4, -0.2) is 46.1 Å². The summed E-state index contributed by atoms with van der Waals surface area (Å²) in [6, 6.07) is 6.84. The van der Waals surface area contributed by atoms with Gasteiger partial charge in [-0.25, -0.2) is 0 Å². The zero-order valence-corrected chi connectivity index (χ0v) is 14.2. The Morgan fingerprint density at radius 3 is 2.96 bits per heavy atom. The van der Waals surface area contributed by atoms with E-state index in [1.165, 1.54) is 11.8 Å². The largest absolute Gasteiger partial charge is 0.507 e. The minimum Gasteiger partial charge on any atom is -0.507 e. The number of carbonyl (C=O) groups excluding carboxylic acids is 1. The summed E-state index contributed by atoms with van der Waals surface area (Å²) >= 11 is 1.51. The monoisotopic (exact) mass is 334 g/mol. The number of thioether (sulfide) groups is 1. The smallest absolute Gasteiger partial charge is 0.245 e. The predicted octanol–water partition coefficient (Wildman–Crippen LogP) is 2.33. The third kappa shape index (κ3) is 3.87. The van der Waals surface area contributed by atoms with E-state index in [1.807, 2.05) is 26.0 Å². The van der Waals surface area contributed by atoms with E-state index in [4.69, 9.17) is 4.74 Å². The molecule has 1 saturated heterocycles. The highest BCUT2D eigenvalue weighted by Crippen LogP contribution is 2.29. The normalized spacial score (nSPS) is 26.6. The van der Waals surface area contributed by atoms with Crippen molar-refractivity contribution in [3.05, 3.63) is 29.8 Å². The molecule has 0 aromatic heterocycles. The number of aliphatic imine (C=N–C) groups is 1. The molecule has 0 saturated carbocycles. The third-order valence-corrected chi connectivity index (χ3v) is 5.21. The van der Waals surface area contributed by atoms with E-state index >= 15 is 0 Å². The first-order valence-corrected chi connectivity index (χ1v) is 8.86. The van der Waals surface area contributed by atoms with Gasteiger partial charge in [-0.05, 0) is 38.8 Å². The number of hydrogen-bond acceptors (Lipinski definition) is 5. The molecule has 0 unspecified atom stereocenters. The van der Waals surface area contributed by atoms with Crippen molar-refractivity contribution >= 4 is 22.7 Å². The van der Waals surface area contributed by atoms with E-state index in [9.17, 15) is 9.90 Å². The maximum atomic E-state index is 12.5. The van der Waals surface area contributed by atoms with Crippen LogP contribution in [0, 0.1) is 0 Å². The van der Waals surface area contributed by atoms with E-state index in [-0.39, 0.29) is 29.3 Å². The van der Waals surface area contributed by atoms with Gasteiger partial charge in [0.15, 0.2) is 0 Å². The van der Waals surface area contributed by atoms with Crippen LogP contribution >= 0.6 is 11.8 Å². The second kappa shape index (κ2) is 6.53. The molecule has 5 nitrogen and oxygen atoms in total. The summed E-state index contributed by atoms with van der Waals surface area (Å²) in [5.41, 5.74) is 0.505. The number of carbonyl (C=O) groups is 1. The molecule has 2 N–H and O–H groups in total. The van der Waals surface area contributed by atoms with Gasteiger partial charge in [-0.2, -0.15) is 0 Å². The molecule has 23 heavy (non-hydrogen) atoms. The van der Waals surface area contributed by atoms with E-state index < -0.39 is 0 Å². The number of phenolic OH excluding ortho intramolecular Hbond substituents is 1. The van der Waals surface area contributed by atoms with Crippen LogP contribution in [0.2, 0.25) is 0 Å². The summed E-state index contributed by atoms with van der Waals surface area (Å²) in [7, 11) is 0. The maximum absolute atomic E-state index is 12.5. The van der Waals surface area contributed by atoms with Gasteiger partial charge in [0.1, 0.15) is 16.8 Å². The zero-order chi connectivity index (χ0) is 16.4.